The normalized spacial score (nSPS) is 11.6. The lowest BCUT2D eigenvalue weighted by atomic mass is 10.0. The minimum atomic E-state index is -0.780. The van der Waals surface area contributed by atoms with E-state index in [9.17, 15) is 9.59 Å². The largest absolute Gasteiger partial charge is 0.497 e. The molecule has 29 heavy (non-hydrogen) atoms. The molecule has 0 saturated heterocycles. The van der Waals surface area contributed by atoms with Crippen molar-refractivity contribution in [2.24, 2.45) is 5.92 Å². The van der Waals surface area contributed by atoms with Crippen molar-refractivity contribution in [3.05, 3.63) is 41.2 Å². The Morgan fingerprint density at radius 2 is 1.48 bits per heavy atom. The molecule has 2 aromatic rings. The molecule has 3 N–H and O–H groups in total. The number of methoxy groups -OCH3 is 2. The van der Waals surface area contributed by atoms with Crippen LogP contribution >= 0.6 is 0 Å². The highest BCUT2D eigenvalue weighted by atomic mass is 16.5. The first-order valence-corrected chi connectivity index (χ1v) is 9.15. The number of aromatic nitrogens is 2. The highest BCUT2D eigenvalue weighted by Crippen LogP contribution is 2.22. The highest BCUT2D eigenvalue weighted by molar-refractivity contribution is 5.98. The van der Waals surface area contributed by atoms with Crippen LogP contribution in [0.25, 0.3) is 0 Å². The molecular weight excluding hydrogens is 374 g/mol. The van der Waals surface area contributed by atoms with Crippen LogP contribution < -0.4 is 25.6 Å². The molecule has 0 fully saturated rings. The molecule has 0 spiro atoms. The molecule has 0 bridgehead atoms. The monoisotopic (exact) mass is 401 g/mol. The van der Waals surface area contributed by atoms with Crippen LogP contribution in [0.5, 0.6) is 11.5 Å². The Labute approximate surface area is 170 Å². The predicted molar refractivity (Wildman–Crippen MR) is 109 cm³/mol. The van der Waals surface area contributed by atoms with E-state index in [1.807, 2.05) is 33.8 Å². The zero-order valence-corrected chi connectivity index (χ0v) is 17.5. The summed E-state index contributed by atoms with van der Waals surface area (Å²) in [5.74, 6) is 0.252. The molecule has 0 aliphatic carbocycles. The maximum atomic E-state index is 12.7. The molecule has 1 aromatic carbocycles. The Bertz CT molecular complexity index is 843. The van der Waals surface area contributed by atoms with Crippen molar-refractivity contribution < 1.29 is 19.1 Å². The Morgan fingerprint density at radius 1 is 0.931 bits per heavy atom. The standard InChI is InChI=1S/C20H27N5O4/c1-11(2)17(19(27)24-25-20-21-12(3)7-13(4)22-20)23-18(26)14-8-15(28-5)10-16(9-14)29-6/h7-11,17H,1-6H3,(H,23,26)(H,24,27)(H,21,22,25). The van der Waals surface area contributed by atoms with Crippen LogP contribution in [-0.2, 0) is 4.79 Å². The quantitative estimate of drug-likeness (QED) is 0.580. The summed E-state index contributed by atoms with van der Waals surface area (Å²) in [6.45, 7) is 7.34. The number of carbonyl (C=O) groups is 2. The van der Waals surface area contributed by atoms with Crippen LogP contribution in [0.4, 0.5) is 5.95 Å². The number of carbonyl (C=O) groups excluding carboxylic acids is 2. The number of aryl methyl sites for hydroxylation is 2. The van der Waals surface area contributed by atoms with E-state index in [0.29, 0.717) is 17.1 Å². The molecular formula is C20H27N5O4. The van der Waals surface area contributed by atoms with E-state index in [0.717, 1.165) is 11.4 Å². The van der Waals surface area contributed by atoms with Crippen LogP contribution in [0, 0.1) is 19.8 Å². The summed E-state index contributed by atoms with van der Waals surface area (Å²) in [6.07, 6.45) is 0. The minimum Gasteiger partial charge on any atom is -0.497 e. The fourth-order valence-corrected chi connectivity index (χ4v) is 2.68. The van der Waals surface area contributed by atoms with Gasteiger partial charge < -0.3 is 14.8 Å². The lowest BCUT2D eigenvalue weighted by Crippen LogP contribution is -2.51. The first kappa shape index (κ1) is 21.9. The van der Waals surface area contributed by atoms with E-state index in [-0.39, 0.29) is 11.9 Å². The average molecular weight is 401 g/mol. The topological polar surface area (TPSA) is 114 Å². The van der Waals surface area contributed by atoms with Crippen molar-refractivity contribution in [3.8, 4) is 11.5 Å². The molecule has 0 aliphatic rings. The summed E-state index contributed by atoms with van der Waals surface area (Å²) in [5.41, 5.74) is 7.13. The van der Waals surface area contributed by atoms with Gasteiger partial charge in [0.25, 0.3) is 11.8 Å². The van der Waals surface area contributed by atoms with Gasteiger partial charge in [-0.25, -0.2) is 9.97 Å². The maximum Gasteiger partial charge on any atom is 0.261 e. The van der Waals surface area contributed by atoms with Crippen LogP contribution in [0.3, 0.4) is 0 Å². The van der Waals surface area contributed by atoms with E-state index in [4.69, 9.17) is 9.47 Å². The van der Waals surface area contributed by atoms with Gasteiger partial charge in [-0.1, -0.05) is 13.8 Å². The van der Waals surface area contributed by atoms with Gasteiger partial charge in [-0.3, -0.25) is 20.4 Å². The van der Waals surface area contributed by atoms with Gasteiger partial charge in [0.15, 0.2) is 0 Å². The Morgan fingerprint density at radius 3 is 1.97 bits per heavy atom. The zero-order chi connectivity index (χ0) is 21.6. The minimum absolute atomic E-state index is 0.159. The van der Waals surface area contributed by atoms with E-state index >= 15 is 0 Å². The first-order valence-electron chi connectivity index (χ1n) is 9.15. The zero-order valence-electron chi connectivity index (χ0n) is 17.5. The molecule has 2 rings (SSSR count). The summed E-state index contributed by atoms with van der Waals surface area (Å²) in [6, 6.07) is 5.87. The number of hydrogen-bond acceptors (Lipinski definition) is 7. The van der Waals surface area contributed by atoms with Crippen LogP contribution in [0.15, 0.2) is 24.3 Å². The molecule has 0 radical (unpaired) electrons. The second-order valence-corrected chi connectivity index (χ2v) is 6.89. The Kier molecular flexibility index (Phi) is 7.35. The summed E-state index contributed by atoms with van der Waals surface area (Å²) in [5, 5.41) is 2.75. The van der Waals surface area contributed by atoms with Gasteiger partial charge in [0.1, 0.15) is 17.5 Å². The smallest absolute Gasteiger partial charge is 0.261 e. The van der Waals surface area contributed by atoms with Crippen LogP contribution in [0.1, 0.15) is 35.6 Å². The van der Waals surface area contributed by atoms with Gasteiger partial charge in [0.05, 0.1) is 14.2 Å². The third kappa shape index (κ3) is 6.06. The summed E-state index contributed by atoms with van der Waals surface area (Å²) < 4.78 is 10.4. The number of rotatable bonds is 8. The molecule has 9 nitrogen and oxygen atoms in total. The molecule has 9 heteroatoms. The summed E-state index contributed by atoms with van der Waals surface area (Å²) >= 11 is 0. The number of ether oxygens (including phenoxy) is 2. The van der Waals surface area contributed by atoms with Crippen LogP contribution in [0.2, 0.25) is 0 Å². The number of nitrogens with zero attached hydrogens (tertiary/aromatic N) is 2. The SMILES string of the molecule is COc1cc(OC)cc(C(=O)NC(C(=O)NNc2nc(C)cc(C)n2)C(C)C)c1. The van der Waals surface area contributed by atoms with Gasteiger partial charge in [-0.2, -0.15) is 0 Å². The summed E-state index contributed by atoms with van der Waals surface area (Å²) in [4.78, 5) is 33.8. The molecule has 0 saturated carbocycles. The molecule has 1 unspecified atom stereocenters. The second-order valence-electron chi connectivity index (χ2n) is 6.89. The molecule has 156 valence electrons. The Hall–Kier alpha value is -3.36. The van der Waals surface area contributed by atoms with E-state index in [2.05, 4.69) is 26.1 Å². The lowest BCUT2D eigenvalue weighted by Gasteiger charge is -2.22. The van der Waals surface area contributed by atoms with E-state index in [1.54, 1.807) is 18.2 Å². The van der Waals surface area contributed by atoms with Crippen molar-refractivity contribution in [3.63, 3.8) is 0 Å². The Balaban J connectivity index is 2.10. The number of benzene rings is 1. The second kappa shape index (κ2) is 9.72. The number of hydrogen-bond donors (Lipinski definition) is 3. The third-order valence-corrected chi connectivity index (χ3v) is 4.13. The van der Waals surface area contributed by atoms with Crippen molar-refractivity contribution >= 4 is 17.8 Å². The van der Waals surface area contributed by atoms with Crippen molar-refractivity contribution in [1.29, 1.82) is 0 Å². The molecule has 1 heterocycles. The van der Waals surface area contributed by atoms with E-state index in [1.165, 1.54) is 14.2 Å². The van der Waals surface area contributed by atoms with Crippen molar-refractivity contribution in [1.82, 2.24) is 20.7 Å². The molecule has 1 aromatic heterocycles. The number of amides is 2. The fraction of sp³-hybridized carbons (Fsp3) is 0.400. The van der Waals surface area contributed by atoms with Crippen LogP contribution in [-0.4, -0.2) is 42.0 Å². The van der Waals surface area contributed by atoms with E-state index < -0.39 is 17.9 Å². The number of anilines is 1. The number of nitrogens with one attached hydrogen (secondary N) is 3. The van der Waals surface area contributed by atoms with Crippen molar-refractivity contribution in [2.45, 2.75) is 33.7 Å². The average Bonchev–Trinajstić information content (AvgIpc) is 2.68. The third-order valence-electron chi connectivity index (χ3n) is 4.13. The summed E-state index contributed by atoms with van der Waals surface area (Å²) in [7, 11) is 3.00. The van der Waals surface area contributed by atoms with Gasteiger partial charge in [-0.15, -0.1) is 0 Å². The van der Waals surface area contributed by atoms with Gasteiger partial charge in [-0.05, 0) is 38.0 Å². The fourth-order valence-electron chi connectivity index (χ4n) is 2.68. The highest BCUT2D eigenvalue weighted by Gasteiger charge is 2.25. The van der Waals surface area contributed by atoms with Gasteiger partial charge in [0.2, 0.25) is 5.95 Å². The van der Waals surface area contributed by atoms with Gasteiger partial charge in [0, 0.05) is 23.0 Å². The molecule has 0 aliphatic heterocycles. The first-order chi connectivity index (χ1) is 13.7. The molecule has 1 atom stereocenters. The number of hydrazine groups is 1. The maximum absolute atomic E-state index is 12.7. The lowest BCUT2D eigenvalue weighted by molar-refractivity contribution is -0.123. The predicted octanol–water partition coefficient (Wildman–Crippen LogP) is 2.01. The van der Waals surface area contributed by atoms with Gasteiger partial charge >= 0.3 is 0 Å². The molecule has 2 amide bonds. The van der Waals surface area contributed by atoms with Crippen molar-refractivity contribution in [2.75, 3.05) is 19.6 Å².